The van der Waals surface area contributed by atoms with Crippen LogP contribution < -0.4 is 9.46 Å². The Morgan fingerprint density at radius 1 is 1.09 bits per heavy atom. The van der Waals surface area contributed by atoms with Gasteiger partial charge in [-0.25, -0.2) is 16.8 Å². The predicted octanol–water partition coefficient (Wildman–Crippen LogP) is 4.97. The summed E-state index contributed by atoms with van der Waals surface area (Å²) >= 11 is 1.14. The maximum atomic E-state index is 14.3. The van der Waals surface area contributed by atoms with Crippen molar-refractivity contribution in [3.8, 4) is 5.75 Å². The van der Waals surface area contributed by atoms with Gasteiger partial charge in [0.1, 0.15) is 9.96 Å². The van der Waals surface area contributed by atoms with Gasteiger partial charge in [-0.3, -0.25) is 9.52 Å². The van der Waals surface area contributed by atoms with Crippen LogP contribution in [0.5, 0.6) is 5.75 Å². The van der Waals surface area contributed by atoms with E-state index in [0.29, 0.717) is 18.8 Å². The van der Waals surface area contributed by atoms with Crippen molar-refractivity contribution in [2.45, 2.75) is 74.3 Å². The second-order valence-electron chi connectivity index (χ2n) is 12.1. The molecular formula is C33H45N3O8S3. The molecule has 0 saturated heterocycles. The zero-order chi connectivity index (χ0) is 34.4. The van der Waals surface area contributed by atoms with Crippen molar-refractivity contribution in [2.75, 3.05) is 38.1 Å². The van der Waals surface area contributed by atoms with E-state index in [4.69, 9.17) is 9.47 Å². The number of rotatable bonds is 9. The summed E-state index contributed by atoms with van der Waals surface area (Å²) in [6.45, 7) is 7.64. The van der Waals surface area contributed by atoms with Gasteiger partial charge in [-0.15, -0.1) is 11.3 Å². The van der Waals surface area contributed by atoms with Crippen LogP contribution in [0, 0.1) is 12.8 Å². The lowest BCUT2D eigenvalue weighted by molar-refractivity contribution is -0.00832. The number of hydrogen-bond donors (Lipinski definition) is 2. The standard InChI is InChI=1S/C33H45N3O8S3/c1-23-11-14-28(15-12-23)46(39,40)34-27-13-16-30-29(19-27)33(38)36(25(3)22-37)20-24(2)31(43-17-7-6-9-26(4)44-30)21-35(5)47(41,42)32-10-8-18-45-32/h8,10-16,18-19,24-26,31,34,37H,6-7,9,17,20-22H2,1-5H3/t24-,25+,26+,31+/m0/s1. The molecule has 0 aliphatic carbocycles. The summed E-state index contributed by atoms with van der Waals surface area (Å²) in [4.78, 5) is 15.9. The van der Waals surface area contributed by atoms with Gasteiger partial charge in [-0.1, -0.05) is 30.7 Å². The molecule has 0 radical (unpaired) electrons. The Balaban J connectivity index is 1.68. The van der Waals surface area contributed by atoms with Gasteiger partial charge < -0.3 is 19.5 Å². The Hall–Kier alpha value is -3.01. The molecule has 258 valence electrons. The summed E-state index contributed by atoms with van der Waals surface area (Å²) in [7, 11) is -6.17. The molecule has 2 heterocycles. The molecule has 47 heavy (non-hydrogen) atoms. The molecular weight excluding hydrogens is 663 g/mol. The zero-order valence-electron chi connectivity index (χ0n) is 27.5. The Kier molecular flexibility index (Phi) is 12.5. The molecule has 1 amide bonds. The summed E-state index contributed by atoms with van der Waals surface area (Å²) in [5, 5.41) is 11.9. The highest BCUT2D eigenvalue weighted by Gasteiger charge is 2.33. The molecule has 4 rings (SSSR count). The Labute approximate surface area is 282 Å². The Morgan fingerprint density at radius 3 is 2.47 bits per heavy atom. The second kappa shape index (κ2) is 15.9. The van der Waals surface area contributed by atoms with Crippen molar-refractivity contribution in [1.82, 2.24) is 9.21 Å². The Morgan fingerprint density at radius 2 is 1.81 bits per heavy atom. The smallest absolute Gasteiger partial charge is 0.261 e. The van der Waals surface area contributed by atoms with E-state index in [1.807, 2.05) is 20.8 Å². The highest BCUT2D eigenvalue weighted by atomic mass is 32.2. The Bertz CT molecular complexity index is 1700. The average Bonchev–Trinajstić information content (AvgIpc) is 3.59. The molecule has 14 heteroatoms. The molecule has 1 aliphatic heterocycles. The third-order valence-electron chi connectivity index (χ3n) is 8.23. The molecule has 1 aliphatic rings. The van der Waals surface area contributed by atoms with Crippen LogP contribution >= 0.6 is 11.3 Å². The van der Waals surface area contributed by atoms with Crippen LogP contribution in [-0.4, -0.2) is 88.7 Å². The monoisotopic (exact) mass is 707 g/mol. The number of anilines is 1. The van der Waals surface area contributed by atoms with E-state index in [9.17, 15) is 26.7 Å². The number of thiophene rings is 1. The summed E-state index contributed by atoms with van der Waals surface area (Å²) in [6.07, 6.45) is 1.35. The van der Waals surface area contributed by atoms with Gasteiger partial charge in [-0.05, 0) is 81.8 Å². The van der Waals surface area contributed by atoms with Crippen LogP contribution in [0.2, 0.25) is 0 Å². The van der Waals surface area contributed by atoms with E-state index in [-0.39, 0.29) is 52.1 Å². The number of benzene rings is 2. The molecule has 2 N–H and O–H groups in total. The number of likely N-dealkylation sites (N-methyl/N-ethyl adjacent to an activating group) is 1. The number of nitrogens with zero attached hydrogens (tertiary/aromatic N) is 2. The van der Waals surface area contributed by atoms with Gasteiger partial charge in [0.2, 0.25) is 0 Å². The first-order valence-electron chi connectivity index (χ1n) is 15.7. The van der Waals surface area contributed by atoms with Crippen LogP contribution in [0.15, 0.2) is 69.1 Å². The van der Waals surface area contributed by atoms with Crippen molar-refractivity contribution < 1.29 is 36.2 Å². The minimum atomic E-state index is -3.95. The molecule has 4 atom stereocenters. The van der Waals surface area contributed by atoms with Gasteiger partial charge in [0.15, 0.2) is 0 Å². The number of ether oxygens (including phenoxy) is 2. The van der Waals surface area contributed by atoms with Gasteiger partial charge in [0.25, 0.3) is 26.0 Å². The molecule has 11 nitrogen and oxygen atoms in total. The van der Waals surface area contributed by atoms with Crippen LogP contribution in [-0.2, 0) is 24.8 Å². The topological polar surface area (TPSA) is 143 Å². The minimum Gasteiger partial charge on any atom is -0.490 e. The van der Waals surface area contributed by atoms with E-state index in [2.05, 4.69) is 4.72 Å². The number of aryl methyl sites for hydroxylation is 1. The summed E-state index contributed by atoms with van der Waals surface area (Å²) in [5.41, 5.74) is 1.24. The van der Waals surface area contributed by atoms with E-state index >= 15 is 0 Å². The first-order valence-corrected chi connectivity index (χ1v) is 19.5. The lowest BCUT2D eigenvalue weighted by Gasteiger charge is -2.35. The van der Waals surface area contributed by atoms with Crippen molar-refractivity contribution in [2.24, 2.45) is 5.92 Å². The lowest BCUT2D eigenvalue weighted by Crippen LogP contribution is -2.48. The normalized spacial score (nSPS) is 21.0. The van der Waals surface area contributed by atoms with Gasteiger partial charge in [-0.2, -0.15) is 4.31 Å². The van der Waals surface area contributed by atoms with Crippen molar-refractivity contribution in [3.63, 3.8) is 0 Å². The molecule has 0 spiro atoms. The van der Waals surface area contributed by atoms with E-state index in [1.165, 1.54) is 34.5 Å². The molecule has 0 bridgehead atoms. The first kappa shape index (κ1) is 36.8. The van der Waals surface area contributed by atoms with E-state index < -0.39 is 38.1 Å². The van der Waals surface area contributed by atoms with E-state index in [1.54, 1.807) is 48.7 Å². The minimum absolute atomic E-state index is 0.0674. The quantitative estimate of drug-likeness (QED) is 0.318. The maximum absolute atomic E-state index is 14.3. The highest BCUT2D eigenvalue weighted by Crippen LogP contribution is 2.30. The van der Waals surface area contributed by atoms with Crippen LogP contribution in [0.25, 0.3) is 0 Å². The number of hydrogen-bond acceptors (Lipinski definition) is 9. The fourth-order valence-corrected chi connectivity index (χ4v) is 8.73. The number of aliphatic hydroxyl groups excluding tert-OH is 1. The van der Waals surface area contributed by atoms with Crippen LogP contribution in [0.4, 0.5) is 5.69 Å². The van der Waals surface area contributed by atoms with Crippen LogP contribution in [0.3, 0.4) is 0 Å². The molecule has 2 aromatic carbocycles. The van der Waals surface area contributed by atoms with Crippen molar-refractivity contribution in [3.05, 3.63) is 71.1 Å². The highest BCUT2D eigenvalue weighted by molar-refractivity contribution is 7.92. The molecule has 0 unspecified atom stereocenters. The average molecular weight is 708 g/mol. The largest absolute Gasteiger partial charge is 0.490 e. The molecule has 0 fully saturated rings. The number of aliphatic hydroxyl groups is 1. The zero-order valence-corrected chi connectivity index (χ0v) is 29.9. The first-order chi connectivity index (χ1) is 22.2. The van der Waals surface area contributed by atoms with Crippen molar-refractivity contribution in [1.29, 1.82) is 0 Å². The van der Waals surface area contributed by atoms with Crippen LogP contribution in [0.1, 0.15) is 56.0 Å². The van der Waals surface area contributed by atoms with E-state index in [0.717, 1.165) is 29.7 Å². The third-order valence-corrected chi connectivity index (χ3v) is 12.8. The summed E-state index contributed by atoms with van der Waals surface area (Å²) < 4.78 is 69.5. The number of sulfonamides is 2. The molecule has 0 saturated carbocycles. The number of amides is 1. The fourth-order valence-electron chi connectivity index (χ4n) is 5.30. The number of carbonyl (C=O) groups excluding carboxylic acids is 1. The summed E-state index contributed by atoms with van der Waals surface area (Å²) in [6, 6.07) is 13.7. The maximum Gasteiger partial charge on any atom is 0.261 e. The SMILES string of the molecule is Cc1ccc(S(=O)(=O)Nc2ccc3c(c2)C(=O)N([C@H](C)CO)C[C@H](C)[C@@H](CN(C)S(=O)(=O)c2cccs2)OCCCC[C@@H](C)O3)cc1. The lowest BCUT2D eigenvalue weighted by atomic mass is 10.0. The molecule has 3 aromatic rings. The number of carbonyl (C=O) groups is 1. The summed E-state index contributed by atoms with van der Waals surface area (Å²) in [5.74, 6) is -0.508. The van der Waals surface area contributed by atoms with Gasteiger partial charge in [0, 0.05) is 38.3 Å². The number of fused-ring (bicyclic) bond motifs is 1. The molecule has 1 aromatic heterocycles. The van der Waals surface area contributed by atoms with Gasteiger partial charge >= 0.3 is 0 Å². The second-order valence-corrected chi connectivity index (χ2v) is 17.0. The predicted molar refractivity (Wildman–Crippen MR) is 183 cm³/mol. The van der Waals surface area contributed by atoms with Gasteiger partial charge in [0.05, 0.1) is 35.3 Å². The fraction of sp³-hybridized carbons (Fsp3) is 0.485. The third kappa shape index (κ3) is 9.33. The number of nitrogens with one attached hydrogen (secondary N) is 1. The van der Waals surface area contributed by atoms with Crippen molar-refractivity contribution >= 4 is 43.0 Å².